The SMILES string of the molecule is CC(C)CC1(C(=O)O)CC(C(N)=O)C(c2nccn2C)N1C(=O)c1ccc(F)c(F)c1. The highest BCUT2D eigenvalue weighted by Gasteiger charge is 2.61. The molecule has 1 aliphatic heterocycles. The van der Waals surface area contributed by atoms with E-state index in [2.05, 4.69) is 4.98 Å². The number of aliphatic carboxylic acids is 1. The number of aromatic nitrogens is 2. The van der Waals surface area contributed by atoms with Gasteiger partial charge in [0, 0.05) is 25.0 Å². The minimum absolute atomic E-state index is 0.0302. The summed E-state index contributed by atoms with van der Waals surface area (Å²) in [6.45, 7) is 3.58. The van der Waals surface area contributed by atoms with E-state index in [9.17, 15) is 28.3 Å². The van der Waals surface area contributed by atoms with Crippen LogP contribution >= 0.6 is 0 Å². The Morgan fingerprint density at radius 2 is 1.97 bits per heavy atom. The van der Waals surface area contributed by atoms with Crippen molar-refractivity contribution >= 4 is 17.8 Å². The molecule has 31 heavy (non-hydrogen) atoms. The number of carboxylic acid groups (broad SMARTS) is 1. The molecule has 0 spiro atoms. The maximum atomic E-state index is 13.9. The average Bonchev–Trinajstić information content (AvgIpc) is 3.24. The van der Waals surface area contributed by atoms with Gasteiger partial charge in [-0.05, 0) is 37.0 Å². The first-order valence-corrected chi connectivity index (χ1v) is 9.78. The number of hydrogen-bond acceptors (Lipinski definition) is 4. The number of hydrogen-bond donors (Lipinski definition) is 2. The lowest BCUT2D eigenvalue weighted by Gasteiger charge is -2.39. The number of carboxylic acids is 1. The van der Waals surface area contributed by atoms with E-state index in [0.717, 1.165) is 17.0 Å². The number of aryl methyl sites for hydroxylation is 1. The number of imidazole rings is 1. The second kappa shape index (κ2) is 8.09. The van der Waals surface area contributed by atoms with Gasteiger partial charge in [-0.1, -0.05) is 13.8 Å². The molecule has 2 amide bonds. The molecular weight excluding hydrogens is 410 g/mol. The maximum absolute atomic E-state index is 13.9. The number of primary amides is 1. The zero-order valence-electron chi connectivity index (χ0n) is 17.4. The monoisotopic (exact) mass is 434 g/mol. The summed E-state index contributed by atoms with van der Waals surface area (Å²) in [6.07, 6.45) is 2.86. The predicted octanol–water partition coefficient (Wildman–Crippen LogP) is 2.26. The molecule has 10 heteroatoms. The van der Waals surface area contributed by atoms with Gasteiger partial charge < -0.3 is 20.3 Å². The number of halogens is 2. The van der Waals surface area contributed by atoms with E-state index in [1.165, 1.54) is 6.20 Å². The smallest absolute Gasteiger partial charge is 0.329 e. The molecule has 3 unspecified atom stereocenters. The van der Waals surface area contributed by atoms with Crippen molar-refractivity contribution in [3.8, 4) is 0 Å². The summed E-state index contributed by atoms with van der Waals surface area (Å²) < 4.78 is 28.9. The molecule has 2 aromatic rings. The molecule has 0 saturated carbocycles. The summed E-state index contributed by atoms with van der Waals surface area (Å²) >= 11 is 0. The Morgan fingerprint density at radius 3 is 2.45 bits per heavy atom. The first kappa shape index (κ1) is 22.4. The van der Waals surface area contributed by atoms with Crippen molar-refractivity contribution in [3.63, 3.8) is 0 Å². The highest BCUT2D eigenvalue weighted by molar-refractivity contribution is 5.99. The number of benzene rings is 1. The van der Waals surface area contributed by atoms with Gasteiger partial charge in [0.15, 0.2) is 11.6 Å². The summed E-state index contributed by atoms with van der Waals surface area (Å²) in [5.41, 5.74) is 3.60. The lowest BCUT2D eigenvalue weighted by atomic mass is 9.83. The normalized spacial score (nSPS) is 23.4. The molecule has 8 nitrogen and oxygen atoms in total. The van der Waals surface area contributed by atoms with Gasteiger partial charge >= 0.3 is 5.97 Å². The van der Waals surface area contributed by atoms with Crippen LogP contribution in [0.25, 0.3) is 0 Å². The number of amides is 2. The van der Waals surface area contributed by atoms with Crippen LogP contribution in [0.2, 0.25) is 0 Å². The topological polar surface area (TPSA) is 119 Å². The highest BCUT2D eigenvalue weighted by Crippen LogP contribution is 2.50. The average molecular weight is 434 g/mol. The van der Waals surface area contributed by atoms with Crippen molar-refractivity contribution in [3.05, 3.63) is 53.6 Å². The summed E-state index contributed by atoms with van der Waals surface area (Å²) in [7, 11) is 1.64. The lowest BCUT2D eigenvalue weighted by molar-refractivity contribution is -0.150. The Hall–Kier alpha value is -3.30. The van der Waals surface area contributed by atoms with Gasteiger partial charge in [-0.3, -0.25) is 9.59 Å². The molecule has 1 fully saturated rings. The molecule has 1 aromatic heterocycles. The molecule has 0 bridgehead atoms. The molecule has 1 aliphatic rings. The Morgan fingerprint density at radius 1 is 1.29 bits per heavy atom. The van der Waals surface area contributed by atoms with Crippen LogP contribution in [-0.4, -0.2) is 42.9 Å². The van der Waals surface area contributed by atoms with Gasteiger partial charge in [0.25, 0.3) is 5.91 Å². The van der Waals surface area contributed by atoms with Crippen LogP contribution in [0.4, 0.5) is 8.78 Å². The molecule has 1 saturated heterocycles. The van der Waals surface area contributed by atoms with Crippen molar-refractivity contribution in [1.29, 1.82) is 0 Å². The lowest BCUT2D eigenvalue weighted by Crippen LogP contribution is -2.54. The first-order valence-electron chi connectivity index (χ1n) is 9.78. The van der Waals surface area contributed by atoms with Crippen molar-refractivity contribution in [1.82, 2.24) is 14.5 Å². The molecule has 2 heterocycles. The maximum Gasteiger partial charge on any atom is 0.329 e. The third kappa shape index (κ3) is 3.77. The van der Waals surface area contributed by atoms with Crippen LogP contribution in [0.15, 0.2) is 30.6 Å². The summed E-state index contributed by atoms with van der Waals surface area (Å²) in [6, 6.07) is 1.50. The van der Waals surface area contributed by atoms with Gasteiger partial charge in [-0.2, -0.15) is 0 Å². The summed E-state index contributed by atoms with van der Waals surface area (Å²) in [5, 5.41) is 10.3. The Labute approximate surface area is 177 Å². The molecule has 0 aliphatic carbocycles. The van der Waals surface area contributed by atoms with Crippen LogP contribution in [0.3, 0.4) is 0 Å². The first-order chi connectivity index (χ1) is 14.5. The third-order valence-corrected chi connectivity index (χ3v) is 5.70. The van der Waals surface area contributed by atoms with Gasteiger partial charge in [-0.15, -0.1) is 0 Å². The predicted molar refractivity (Wildman–Crippen MR) is 106 cm³/mol. The van der Waals surface area contributed by atoms with E-state index in [-0.39, 0.29) is 30.1 Å². The molecule has 3 N–H and O–H groups in total. The number of carbonyl (C=O) groups excluding carboxylic acids is 2. The Balaban J connectivity index is 2.26. The number of nitrogens with two attached hydrogens (primary N) is 1. The number of likely N-dealkylation sites (tertiary alicyclic amines) is 1. The quantitative estimate of drug-likeness (QED) is 0.723. The minimum atomic E-state index is -1.79. The molecule has 3 atom stereocenters. The molecule has 3 rings (SSSR count). The molecule has 166 valence electrons. The summed E-state index contributed by atoms with van der Waals surface area (Å²) in [4.78, 5) is 43.8. The van der Waals surface area contributed by atoms with E-state index < -0.39 is 46.9 Å². The molecular formula is C21H24F2N4O4. The fraction of sp³-hybridized carbons (Fsp3) is 0.429. The fourth-order valence-electron chi connectivity index (χ4n) is 4.46. The van der Waals surface area contributed by atoms with Crippen LogP contribution in [0, 0.1) is 23.5 Å². The van der Waals surface area contributed by atoms with Gasteiger partial charge in [0.05, 0.1) is 5.92 Å². The van der Waals surface area contributed by atoms with Crippen molar-refractivity contribution in [2.24, 2.45) is 24.6 Å². The zero-order chi connectivity index (χ0) is 23.1. The Bertz CT molecular complexity index is 1040. The Kier molecular flexibility index (Phi) is 5.84. The zero-order valence-corrected chi connectivity index (χ0v) is 17.4. The van der Waals surface area contributed by atoms with Crippen molar-refractivity contribution in [2.45, 2.75) is 38.3 Å². The number of carbonyl (C=O) groups is 3. The third-order valence-electron chi connectivity index (χ3n) is 5.70. The van der Waals surface area contributed by atoms with E-state index in [0.29, 0.717) is 6.07 Å². The van der Waals surface area contributed by atoms with Crippen LogP contribution in [0.1, 0.15) is 48.9 Å². The second-order valence-electron chi connectivity index (χ2n) is 8.29. The van der Waals surface area contributed by atoms with Gasteiger partial charge in [0.1, 0.15) is 17.4 Å². The van der Waals surface area contributed by atoms with E-state index in [4.69, 9.17) is 5.73 Å². The molecule has 0 radical (unpaired) electrons. The largest absolute Gasteiger partial charge is 0.479 e. The highest BCUT2D eigenvalue weighted by atomic mass is 19.2. The second-order valence-corrected chi connectivity index (χ2v) is 8.29. The van der Waals surface area contributed by atoms with E-state index in [1.54, 1.807) is 31.7 Å². The van der Waals surface area contributed by atoms with Crippen LogP contribution < -0.4 is 5.73 Å². The van der Waals surface area contributed by atoms with E-state index in [1.807, 2.05) is 0 Å². The van der Waals surface area contributed by atoms with Crippen molar-refractivity contribution in [2.75, 3.05) is 0 Å². The molecule has 1 aromatic carbocycles. The van der Waals surface area contributed by atoms with E-state index >= 15 is 0 Å². The van der Waals surface area contributed by atoms with Crippen LogP contribution in [0.5, 0.6) is 0 Å². The fourth-order valence-corrected chi connectivity index (χ4v) is 4.46. The number of rotatable bonds is 6. The van der Waals surface area contributed by atoms with Gasteiger partial charge in [0.2, 0.25) is 5.91 Å². The number of nitrogens with zero attached hydrogens (tertiary/aromatic N) is 3. The van der Waals surface area contributed by atoms with Crippen LogP contribution in [-0.2, 0) is 16.6 Å². The van der Waals surface area contributed by atoms with Crippen molar-refractivity contribution < 1.29 is 28.3 Å². The minimum Gasteiger partial charge on any atom is -0.479 e. The summed E-state index contributed by atoms with van der Waals surface area (Å²) in [5.74, 6) is -6.24. The van der Waals surface area contributed by atoms with Gasteiger partial charge in [-0.25, -0.2) is 18.6 Å². The standard InChI is InChI=1S/C21H24F2N4O4/c1-11(2)9-21(20(30)31)10-13(17(24)28)16(18-25-6-7-26(18)3)27(21)19(29)12-4-5-14(22)15(23)8-12/h4-8,11,13,16H,9-10H2,1-3H3,(H2,24,28)(H,30,31).